The molecule has 2 heterocycles. The maximum absolute atomic E-state index is 5.86. The van der Waals surface area contributed by atoms with Crippen LogP contribution in [0, 0.1) is 5.92 Å². The van der Waals surface area contributed by atoms with Crippen molar-refractivity contribution >= 4 is 0 Å². The second-order valence-corrected chi connectivity index (χ2v) is 7.04. The van der Waals surface area contributed by atoms with Gasteiger partial charge in [-0.15, -0.1) is 0 Å². The number of methoxy groups -OCH3 is 1. The van der Waals surface area contributed by atoms with Crippen molar-refractivity contribution in [3.8, 4) is 0 Å². The molecule has 1 N–H and O–H groups in total. The number of aromatic nitrogens is 2. The maximum Gasteiger partial charge on any atom is 0.246 e. The monoisotopic (exact) mass is 293 g/mol. The fourth-order valence-corrected chi connectivity index (χ4v) is 3.85. The Kier molecular flexibility index (Phi) is 4.06. The number of hydrogen-bond donors (Lipinski definition) is 1. The molecule has 1 aliphatic carbocycles. The Morgan fingerprint density at radius 2 is 2.14 bits per heavy atom. The van der Waals surface area contributed by atoms with E-state index in [2.05, 4.69) is 24.3 Å². The molecule has 1 aliphatic heterocycles. The fraction of sp³-hybridized carbons (Fsp3) is 0.875. The molecule has 3 rings (SSSR count). The van der Waals surface area contributed by atoms with Crippen molar-refractivity contribution in [1.29, 1.82) is 0 Å². The lowest BCUT2D eigenvalue weighted by Crippen LogP contribution is -2.43. The summed E-state index contributed by atoms with van der Waals surface area (Å²) in [6.45, 7) is 5.45. The van der Waals surface area contributed by atoms with Crippen molar-refractivity contribution < 1.29 is 9.26 Å². The van der Waals surface area contributed by atoms with E-state index >= 15 is 0 Å². The standard InChI is InChI=1S/C16H27N3O2/c1-12-7-6-9-16(11-12,20-3)13-18-14(21-19-13)15(2)8-4-5-10-17-15/h12,17H,4-11H2,1-3H3. The average Bonchev–Trinajstić information content (AvgIpc) is 2.99. The summed E-state index contributed by atoms with van der Waals surface area (Å²) in [5, 5.41) is 7.82. The molecule has 1 saturated carbocycles. The Morgan fingerprint density at radius 1 is 1.29 bits per heavy atom. The lowest BCUT2D eigenvalue weighted by atomic mass is 9.78. The van der Waals surface area contributed by atoms with Crippen molar-refractivity contribution in [2.75, 3.05) is 13.7 Å². The van der Waals surface area contributed by atoms with E-state index in [0.717, 1.165) is 38.1 Å². The normalized spacial score (nSPS) is 37.6. The lowest BCUT2D eigenvalue weighted by molar-refractivity contribution is -0.0658. The molecule has 0 radical (unpaired) electrons. The zero-order chi connectivity index (χ0) is 14.9. The molecular formula is C16H27N3O2. The van der Waals surface area contributed by atoms with Gasteiger partial charge in [0.2, 0.25) is 11.7 Å². The first-order valence-electron chi connectivity index (χ1n) is 8.23. The third kappa shape index (κ3) is 2.73. The Balaban J connectivity index is 1.86. The Morgan fingerprint density at radius 3 is 2.81 bits per heavy atom. The third-order valence-electron chi connectivity index (χ3n) is 5.27. The van der Waals surface area contributed by atoms with Gasteiger partial charge >= 0.3 is 0 Å². The smallest absolute Gasteiger partial charge is 0.246 e. The Bertz CT molecular complexity index is 482. The molecule has 21 heavy (non-hydrogen) atoms. The van der Waals surface area contributed by atoms with Crippen LogP contribution in [0.15, 0.2) is 4.52 Å². The van der Waals surface area contributed by atoms with Crippen LogP contribution in [0.5, 0.6) is 0 Å². The van der Waals surface area contributed by atoms with Crippen LogP contribution >= 0.6 is 0 Å². The van der Waals surface area contributed by atoms with Crippen LogP contribution in [-0.2, 0) is 15.9 Å². The number of piperidine rings is 1. The maximum atomic E-state index is 5.86. The first-order valence-corrected chi connectivity index (χ1v) is 8.23. The quantitative estimate of drug-likeness (QED) is 0.928. The zero-order valence-electron chi connectivity index (χ0n) is 13.4. The molecule has 3 atom stereocenters. The van der Waals surface area contributed by atoms with E-state index < -0.39 is 0 Å². The van der Waals surface area contributed by atoms with Crippen molar-refractivity contribution in [2.24, 2.45) is 5.92 Å². The molecule has 0 aromatic carbocycles. The van der Waals surface area contributed by atoms with E-state index in [1.54, 1.807) is 7.11 Å². The highest BCUT2D eigenvalue weighted by atomic mass is 16.5. The first kappa shape index (κ1) is 15.0. The summed E-state index contributed by atoms with van der Waals surface area (Å²) in [7, 11) is 1.77. The van der Waals surface area contributed by atoms with Gasteiger partial charge in [0.1, 0.15) is 5.60 Å². The van der Waals surface area contributed by atoms with Crippen molar-refractivity contribution in [3.63, 3.8) is 0 Å². The molecule has 1 aromatic heterocycles. The van der Waals surface area contributed by atoms with Crippen molar-refractivity contribution in [1.82, 2.24) is 15.5 Å². The second kappa shape index (κ2) is 5.69. The minimum atomic E-state index is -0.357. The van der Waals surface area contributed by atoms with Crippen molar-refractivity contribution in [2.45, 2.75) is 69.9 Å². The van der Waals surface area contributed by atoms with Gasteiger partial charge in [-0.1, -0.05) is 18.5 Å². The summed E-state index contributed by atoms with van der Waals surface area (Å²) >= 11 is 0. The predicted molar refractivity (Wildman–Crippen MR) is 79.8 cm³/mol. The SMILES string of the molecule is COC1(c2noc(C3(C)CCCCN3)n2)CCCC(C)C1. The molecule has 3 unspecified atom stereocenters. The van der Waals surface area contributed by atoms with Crippen LogP contribution < -0.4 is 5.32 Å². The van der Waals surface area contributed by atoms with Gasteiger partial charge in [-0.3, -0.25) is 0 Å². The number of nitrogens with zero attached hydrogens (tertiary/aromatic N) is 2. The van der Waals surface area contributed by atoms with Crippen LogP contribution in [0.1, 0.15) is 70.5 Å². The Labute approximate surface area is 126 Å². The minimum Gasteiger partial charge on any atom is -0.370 e. The van der Waals surface area contributed by atoms with Crippen molar-refractivity contribution in [3.05, 3.63) is 11.7 Å². The molecule has 2 aliphatic rings. The summed E-state index contributed by atoms with van der Waals surface area (Å²) in [4.78, 5) is 4.74. The highest BCUT2D eigenvalue weighted by Gasteiger charge is 2.43. The molecule has 5 heteroatoms. The van der Waals surface area contributed by atoms with Gasteiger partial charge in [-0.2, -0.15) is 4.98 Å². The van der Waals surface area contributed by atoms with Crippen LogP contribution in [0.3, 0.4) is 0 Å². The van der Waals surface area contributed by atoms with Gasteiger partial charge in [0.05, 0.1) is 5.54 Å². The molecule has 0 spiro atoms. The van der Waals surface area contributed by atoms with E-state index in [-0.39, 0.29) is 11.1 Å². The first-order chi connectivity index (χ1) is 10.1. The van der Waals surface area contributed by atoms with Crippen LogP contribution in [-0.4, -0.2) is 23.8 Å². The van der Waals surface area contributed by atoms with E-state index in [0.29, 0.717) is 11.8 Å². The minimum absolute atomic E-state index is 0.182. The summed E-state index contributed by atoms with van der Waals surface area (Å²) < 4.78 is 11.5. The average molecular weight is 293 g/mol. The molecule has 0 amide bonds. The summed E-state index contributed by atoms with van der Waals surface area (Å²) in [5.74, 6) is 2.09. The largest absolute Gasteiger partial charge is 0.370 e. The van der Waals surface area contributed by atoms with Crippen LogP contribution in [0.25, 0.3) is 0 Å². The van der Waals surface area contributed by atoms with Crippen LogP contribution in [0.2, 0.25) is 0 Å². The molecule has 1 saturated heterocycles. The molecule has 2 fully saturated rings. The number of hydrogen-bond acceptors (Lipinski definition) is 5. The number of ether oxygens (including phenoxy) is 1. The van der Waals surface area contributed by atoms with Gasteiger partial charge < -0.3 is 14.6 Å². The van der Waals surface area contributed by atoms with E-state index in [1.807, 2.05) is 0 Å². The lowest BCUT2D eigenvalue weighted by Gasteiger charge is -2.36. The van der Waals surface area contributed by atoms with Gasteiger partial charge in [0, 0.05) is 7.11 Å². The highest BCUT2D eigenvalue weighted by molar-refractivity contribution is 5.09. The van der Waals surface area contributed by atoms with E-state index in [4.69, 9.17) is 14.2 Å². The Hall–Kier alpha value is -0.940. The van der Waals surface area contributed by atoms with E-state index in [1.165, 1.54) is 19.3 Å². The highest BCUT2D eigenvalue weighted by Crippen LogP contribution is 2.42. The molecule has 1 aromatic rings. The summed E-state index contributed by atoms with van der Waals surface area (Å²) in [6, 6.07) is 0. The van der Waals surface area contributed by atoms with Gasteiger partial charge in [-0.05, 0) is 57.9 Å². The van der Waals surface area contributed by atoms with Gasteiger partial charge in [0.15, 0.2) is 0 Å². The number of nitrogens with one attached hydrogen (secondary N) is 1. The third-order valence-corrected chi connectivity index (χ3v) is 5.27. The summed E-state index contributed by atoms with van der Waals surface area (Å²) in [5.41, 5.74) is -0.539. The fourth-order valence-electron chi connectivity index (χ4n) is 3.85. The van der Waals surface area contributed by atoms with Crippen LogP contribution in [0.4, 0.5) is 0 Å². The van der Waals surface area contributed by atoms with Gasteiger partial charge in [-0.25, -0.2) is 0 Å². The molecule has 0 bridgehead atoms. The van der Waals surface area contributed by atoms with Gasteiger partial charge in [0.25, 0.3) is 0 Å². The summed E-state index contributed by atoms with van der Waals surface area (Å²) in [6.07, 6.45) is 7.85. The number of rotatable bonds is 3. The second-order valence-electron chi connectivity index (χ2n) is 7.04. The molecule has 5 nitrogen and oxygen atoms in total. The zero-order valence-corrected chi connectivity index (χ0v) is 13.4. The topological polar surface area (TPSA) is 60.2 Å². The van der Waals surface area contributed by atoms with E-state index in [9.17, 15) is 0 Å². The molecular weight excluding hydrogens is 266 g/mol. The predicted octanol–water partition coefficient (Wildman–Crippen LogP) is 3.11. The molecule has 118 valence electrons.